The molecule has 0 atom stereocenters. The number of nitrogen functional groups attached to an aromatic ring is 1. The Balaban J connectivity index is 1.75. The zero-order valence-electron chi connectivity index (χ0n) is 11.8. The van der Waals surface area contributed by atoms with Crippen molar-refractivity contribution < 1.29 is 4.79 Å². The van der Waals surface area contributed by atoms with Gasteiger partial charge in [0.25, 0.3) is 5.91 Å². The van der Waals surface area contributed by atoms with E-state index in [2.05, 4.69) is 9.88 Å². The van der Waals surface area contributed by atoms with Crippen LogP contribution in [0.4, 0.5) is 11.5 Å². The normalized spacial score (nSPS) is 21.3. The number of hydrogen-bond acceptors (Lipinski definition) is 4. The summed E-state index contributed by atoms with van der Waals surface area (Å²) >= 11 is 0. The number of nitrogens with two attached hydrogens (primary N) is 2. The molecule has 0 bridgehead atoms. The van der Waals surface area contributed by atoms with E-state index in [-0.39, 0.29) is 0 Å². The molecule has 4 N–H and O–H groups in total. The van der Waals surface area contributed by atoms with Gasteiger partial charge in [-0.05, 0) is 37.2 Å². The van der Waals surface area contributed by atoms with Gasteiger partial charge in [0.2, 0.25) is 0 Å². The fourth-order valence-electron chi connectivity index (χ4n) is 3.68. The van der Waals surface area contributed by atoms with Crippen LogP contribution in [0.15, 0.2) is 12.3 Å². The monoisotopic (exact) mass is 274 g/mol. The minimum atomic E-state index is -0.490. The van der Waals surface area contributed by atoms with E-state index in [1.807, 2.05) is 0 Å². The number of aromatic nitrogens is 1. The van der Waals surface area contributed by atoms with Gasteiger partial charge in [0.15, 0.2) is 0 Å². The quantitative estimate of drug-likeness (QED) is 0.862. The van der Waals surface area contributed by atoms with Gasteiger partial charge in [0.1, 0.15) is 5.82 Å². The Morgan fingerprint density at radius 2 is 1.85 bits per heavy atom. The van der Waals surface area contributed by atoms with E-state index in [0.717, 1.165) is 18.9 Å². The lowest BCUT2D eigenvalue weighted by atomic mass is 9.77. The van der Waals surface area contributed by atoms with E-state index in [1.165, 1.54) is 44.7 Å². The first-order chi connectivity index (χ1) is 9.60. The molecular weight excluding hydrogens is 252 g/mol. The fraction of sp³-hybridized carbons (Fsp3) is 0.600. The molecule has 2 fully saturated rings. The molecule has 3 rings (SSSR count). The number of rotatable bonds is 2. The topological polar surface area (TPSA) is 85.2 Å². The maximum Gasteiger partial charge on any atom is 0.250 e. The Labute approximate surface area is 119 Å². The van der Waals surface area contributed by atoms with Crippen LogP contribution in [0.25, 0.3) is 0 Å². The van der Waals surface area contributed by atoms with Gasteiger partial charge in [-0.1, -0.05) is 12.8 Å². The molecule has 1 aliphatic heterocycles. The van der Waals surface area contributed by atoms with Crippen molar-refractivity contribution in [3.05, 3.63) is 17.8 Å². The van der Waals surface area contributed by atoms with Crippen molar-refractivity contribution in [2.75, 3.05) is 23.7 Å². The van der Waals surface area contributed by atoms with Crippen LogP contribution < -0.4 is 16.4 Å². The maximum absolute atomic E-state index is 11.4. The van der Waals surface area contributed by atoms with Crippen LogP contribution in [-0.4, -0.2) is 24.0 Å². The number of primary amides is 1. The molecule has 0 radical (unpaired) electrons. The number of carbonyl (C=O) groups is 1. The van der Waals surface area contributed by atoms with Crippen molar-refractivity contribution in [2.24, 2.45) is 11.1 Å². The van der Waals surface area contributed by atoms with Crippen LogP contribution in [0.3, 0.4) is 0 Å². The SMILES string of the molecule is NC(=O)c1cc(N2CCC3(CCCC3)CC2)ncc1N. The Bertz CT molecular complexity index is 513. The molecule has 5 heteroatoms. The summed E-state index contributed by atoms with van der Waals surface area (Å²) in [6.45, 7) is 2.02. The molecule has 2 heterocycles. The van der Waals surface area contributed by atoms with Gasteiger partial charge < -0.3 is 16.4 Å². The summed E-state index contributed by atoms with van der Waals surface area (Å²) in [6, 6.07) is 1.73. The molecule has 2 aliphatic rings. The first-order valence-electron chi connectivity index (χ1n) is 7.40. The molecule has 5 nitrogen and oxygen atoms in total. The van der Waals surface area contributed by atoms with Crippen molar-refractivity contribution in [1.29, 1.82) is 0 Å². The minimum absolute atomic E-state index is 0.352. The lowest BCUT2D eigenvalue weighted by Crippen LogP contribution is -2.39. The van der Waals surface area contributed by atoms with E-state index in [9.17, 15) is 4.79 Å². The van der Waals surface area contributed by atoms with Gasteiger partial charge >= 0.3 is 0 Å². The van der Waals surface area contributed by atoms with Gasteiger partial charge in [-0.25, -0.2) is 4.98 Å². The number of piperidine rings is 1. The van der Waals surface area contributed by atoms with Crippen LogP contribution in [0.1, 0.15) is 48.9 Å². The summed E-state index contributed by atoms with van der Waals surface area (Å²) in [5.74, 6) is 0.330. The summed E-state index contributed by atoms with van der Waals surface area (Å²) in [5, 5.41) is 0. The van der Waals surface area contributed by atoms with Gasteiger partial charge in [-0.3, -0.25) is 4.79 Å². The standard InChI is InChI=1S/C15H22N4O/c16-12-10-18-13(9-11(12)14(17)20)19-7-5-15(6-8-19)3-1-2-4-15/h9-10H,1-8,16H2,(H2,17,20). The molecule has 1 aromatic heterocycles. The third kappa shape index (κ3) is 2.32. The van der Waals surface area contributed by atoms with Crippen molar-refractivity contribution in [1.82, 2.24) is 4.98 Å². The van der Waals surface area contributed by atoms with Gasteiger partial charge in [0, 0.05) is 13.1 Å². The van der Waals surface area contributed by atoms with Crippen molar-refractivity contribution in [3.63, 3.8) is 0 Å². The van der Waals surface area contributed by atoms with Crippen LogP contribution >= 0.6 is 0 Å². The number of pyridine rings is 1. The summed E-state index contributed by atoms with van der Waals surface area (Å²) in [4.78, 5) is 18.0. The number of carbonyl (C=O) groups excluding carboxylic acids is 1. The number of anilines is 2. The van der Waals surface area contributed by atoms with E-state index >= 15 is 0 Å². The van der Waals surface area contributed by atoms with E-state index in [4.69, 9.17) is 11.5 Å². The fourth-order valence-corrected chi connectivity index (χ4v) is 3.68. The molecule has 1 saturated carbocycles. The highest BCUT2D eigenvalue weighted by atomic mass is 16.1. The van der Waals surface area contributed by atoms with E-state index < -0.39 is 5.91 Å². The second-order valence-corrected chi connectivity index (χ2v) is 6.19. The number of amides is 1. The molecule has 1 amide bonds. The van der Waals surface area contributed by atoms with Crippen LogP contribution in [0.5, 0.6) is 0 Å². The highest BCUT2D eigenvalue weighted by Crippen LogP contribution is 2.46. The van der Waals surface area contributed by atoms with E-state index in [0.29, 0.717) is 16.7 Å². The van der Waals surface area contributed by atoms with Crippen molar-refractivity contribution >= 4 is 17.4 Å². The second-order valence-electron chi connectivity index (χ2n) is 6.19. The molecule has 20 heavy (non-hydrogen) atoms. The summed E-state index contributed by atoms with van der Waals surface area (Å²) in [5.41, 5.74) is 12.4. The maximum atomic E-state index is 11.4. The van der Waals surface area contributed by atoms with Gasteiger partial charge in [-0.15, -0.1) is 0 Å². The molecular formula is C15H22N4O. The zero-order chi connectivity index (χ0) is 14.2. The zero-order valence-corrected chi connectivity index (χ0v) is 11.8. The summed E-state index contributed by atoms with van der Waals surface area (Å²) in [7, 11) is 0. The Morgan fingerprint density at radius 1 is 1.20 bits per heavy atom. The predicted octanol–water partition coefficient (Wildman–Crippen LogP) is 1.92. The van der Waals surface area contributed by atoms with Crippen LogP contribution in [0, 0.1) is 5.41 Å². The van der Waals surface area contributed by atoms with Crippen LogP contribution in [0.2, 0.25) is 0 Å². The van der Waals surface area contributed by atoms with Crippen molar-refractivity contribution in [2.45, 2.75) is 38.5 Å². The van der Waals surface area contributed by atoms with Gasteiger partial charge in [-0.2, -0.15) is 0 Å². The highest BCUT2D eigenvalue weighted by Gasteiger charge is 2.37. The summed E-state index contributed by atoms with van der Waals surface area (Å²) < 4.78 is 0. The average Bonchev–Trinajstić information content (AvgIpc) is 2.88. The third-order valence-corrected chi connectivity index (χ3v) is 5.00. The summed E-state index contributed by atoms with van der Waals surface area (Å²) in [6.07, 6.45) is 9.51. The third-order valence-electron chi connectivity index (χ3n) is 5.00. The first kappa shape index (κ1) is 13.2. The number of nitrogens with zero attached hydrogens (tertiary/aromatic N) is 2. The van der Waals surface area contributed by atoms with E-state index in [1.54, 1.807) is 6.07 Å². The molecule has 0 unspecified atom stereocenters. The van der Waals surface area contributed by atoms with Crippen LogP contribution in [-0.2, 0) is 0 Å². The van der Waals surface area contributed by atoms with Gasteiger partial charge in [0.05, 0.1) is 17.4 Å². The average molecular weight is 274 g/mol. The smallest absolute Gasteiger partial charge is 0.250 e. The molecule has 0 aromatic carbocycles. The first-order valence-corrected chi connectivity index (χ1v) is 7.40. The lowest BCUT2D eigenvalue weighted by molar-refractivity contribution is 0.100. The Kier molecular flexibility index (Phi) is 3.28. The minimum Gasteiger partial charge on any atom is -0.397 e. The number of hydrogen-bond donors (Lipinski definition) is 2. The lowest BCUT2D eigenvalue weighted by Gasteiger charge is -2.40. The molecule has 1 aliphatic carbocycles. The molecule has 1 saturated heterocycles. The second kappa shape index (κ2) is 4.96. The predicted molar refractivity (Wildman–Crippen MR) is 79.5 cm³/mol. The highest BCUT2D eigenvalue weighted by molar-refractivity contribution is 5.98. The molecule has 1 aromatic rings. The van der Waals surface area contributed by atoms with Crippen molar-refractivity contribution in [3.8, 4) is 0 Å². The largest absolute Gasteiger partial charge is 0.397 e. The molecule has 108 valence electrons. The Morgan fingerprint density at radius 3 is 2.45 bits per heavy atom. The molecule has 1 spiro atoms. The Hall–Kier alpha value is -1.78.